The van der Waals surface area contributed by atoms with Gasteiger partial charge in [0.05, 0.1) is 27.5 Å². The van der Waals surface area contributed by atoms with Gasteiger partial charge in [-0.2, -0.15) is 0 Å². The van der Waals surface area contributed by atoms with Crippen LogP contribution in [0, 0.1) is 0 Å². The summed E-state index contributed by atoms with van der Waals surface area (Å²) < 4.78 is 4.94. The number of para-hydroxylation sites is 2. The maximum absolute atomic E-state index is 2.69. The highest BCUT2D eigenvalue weighted by atomic mass is 28.3. The highest BCUT2D eigenvalue weighted by Crippen LogP contribution is 2.57. The highest BCUT2D eigenvalue weighted by Gasteiger charge is 2.46. The number of benzene rings is 12. The maximum atomic E-state index is 2.50. The third-order valence-electron chi connectivity index (χ3n) is 16.6. The molecular formula is C73H50N2Si. The van der Waals surface area contributed by atoms with Crippen LogP contribution in [-0.4, -0.2) is 17.2 Å². The Morgan fingerprint density at radius 2 is 0.711 bits per heavy atom. The van der Waals surface area contributed by atoms with Crippen LogP contribution in [0.1, 0.15) is 22.3 Å². The van der Waals surface area contributed by atoms with E-state index >= 15 is 0 Å². The summed E-state index contributed by atoms with van der Waals surface area (Å²) in [5.74, 6) is 0. The van der Waals surface area contributed by atoms with E-state index in [9.17, 15) is 0 Å². The first kappa shape index (κ1) is 44.0. The molecule has 0 N–H and O–H groups in total. The molecule has 2 aromatic heterocycles. The van der Waals surface area contributed by atoms with Crippen LogP contribution in [0.2, 0.25) is 0 Å². The van der Waals surface area contributed by atoms with Crippen LogP contribution in [0.25, 0.3) is 77.2 Å². The van der Waals surface area contributed by atoms with Crippen molar-refractivity contribution in [2.45, 2.75) is 5.41 Å². The van der Waals surface area contributed by atoms with Gasteiger partial charge in [-0.1, -0.05) is 249 Å². The Morgan fingerprint density at radius 3 is 1.34 bits per heavy atom. The summed E-state index contributed by atoms with van der Waals surface area (Å²) in [5, 5.41) is 10.4. The van der Waals surface area contributed by atoms with Gasteiger partial charge in [0.2, 0.25) is 0 Å². The molecule has 2 heterocycles. The van der Waals surface area contributed by atoms with E-state index in [4.69, 9.17) is 0 Å². The van der Waals surface area contributed by atoms with Crippen molar-refractivity contribution in [2.24, 2.45) is 0 Å². The van der Waals surface area contributed by atoms with E-state index in [2.05, 4.69) is 312 Å². The number of nitrogens with zero attached hydrogens (tertiary/aromatic N) is 2. The topological polar surface area (TPSA) is 9.86 Å². The van der Waals surface area contributed by atoms with Crippen molar-refractivity contribution < 1.29 is 0 Å². The van der Waals surface area contributed by atoms with Crippen molar-refractivity contribution in [1.29, 1.82) is 0 Å². The van der Waals surface area contributed by atoms with Crippen molar-refractivity contribution in [1.82, 2.24) is 9.13 Å². The molecule has 14 aromatic rings. The molecule has 0 bridgehead atoms. The molecule has 0 atom stereocenters. The smallest absolute Gasteiger partial charge is 0.179 e. The molecule has 0 amide bonds. The van der Waals surface area contributed by atoms with E-state index in [1.54, 1.807) is 0 Å². The second kappa shape index (κ2) is 17.6. The number of hydrogen-bond donors (Lipinski definition) is 0. The highest BCUT2D eigenvalue weighted by molar-refractivity contribution is 7.19. The minimum Gasteiger partial charge on any atom is -0.309 e. The second-order valence-electron chi connectivity index (χ2n) is 20.3. The van der Waals surface area contributed by atoms with E-state index in [1.807, 2.05) is 0 Å². The van der Waals surface area contributed by atoms with E-state index < -0.39 is 13.5 Å². The van der Waals surface area contributed by atoms with E-state index in [1.165, 1.54) is 109 Å². The van der Waals surface area contributed by atoms with Gasteiger partial charge < -0.3 is 9.13 Å². The van der Waals surface area contributed by atoms with Crippen LogP contribution in [0.5, 0.6) is 0 Å². The van der Waals surface area contributed by atoms with Crippen molar-refractivity contribution in [2.75, 3.05) is 0 Å². The Bertz CT molecular complexity index is 4350. The lowest BCUT2D eigenvalue weighted by Crippen LogP contribution is -2.74. The minimum atomic E-state index is -2.69. The molecule has 15 rings (SSSR count). The van der Waals surface area contributed by atoms with E-state index in [0.29, 0.717) is 0 Å². The average Bonchev–Trinajstić information content (AvgIpc) is 4.28. The Balaban J connectivity index is 0.891. The predicted molar refractivity (Wildman–Crippen MR) is 321 cm³/mol. The number of aromatic nitrogens is 2. The first-order valence-electron chi connectivity index (χ1n) is 26.4. The van der Waals surface area contributed by atoms with Crippen LogP contribution in [0.3, 0.4) is 0 Å². The summed E-state index contributed by atoms with van der Waals surface area (Å²) in [6.07, 6.45) is 0. The number of hydrogen-bond acceptors (Lipinski definition) is 0. The van der Waals surface area contributed by atoms with Crippen LogP contribution in [0.15, 0.2) is 303 Å². The molecule has 0 fully saturated rings. The largest absolute Gasteiger partial charge is 0.309 e. The average molecular weight is 983 g/mol. The van der Waals surface area contributed by atoms with Crippen LogP contribution in [0.4, 0.5) is 0 Å². The fraction of sp³-hybridized carbons (Fsp3) is 0.0137. The lowest BCUT2D eigenvalue weighted by atomic mass is 9.67. The summed E-state index contributed by atoms with van der Waals surface area (Å²) in [7, 11) is -2.69. The Labute approximate surface area is 443 Å². The molecule has 0 aliphatic heterocycles. The molecule has 2 nitrogen and oxygen atoms in total. The lowest BCUT2D eigenvalue weighted by molar-refractivity contribution is 0.769. The minimum absolute atomic E-state index is 0.484. The SMILES string of the molecule is c1ccc(C2(c3ccccc3)c3ccccc3-c3ccc(-c4cccc5c4c4ccccc4n5-c4ccc5c(c4)c4ccccc4n5-c4ccc([Si](c5ccccc5)(c5ccccc5)c5ccccc5)cc4)cc32)cc1. The first-order valence-corrected chi connectivity index (χ1v) is 28.4. The zero-order chi connectivity index (χ0) is 50.2. The van der Waals surface area contributed by atoms with Gasteiger partial charge in [-0.05, 0) is 120 Å². The Morgan fingerprint density at radius 1 is 0.263 bits per heavy atom. The molecule has 1 aliphatic carbocycles. The van der Waals surface area contributed by atoms with Crippen LogP contribution in [-0.2, 0) is 5.41 Å². The fourth-order valence-electron chi connectivity index (χ4n) is 13.5. The maximum Gasteiger partial charge on any atom is 0.179 e. The van der Waals surface area contributed by atoms with Crippen LogP contribution >= 0.6 is 0 Å². The zero-order valence-corrected chi connectivity index (χ0v) is 42.8. The van der Waals surface area contributed by atoms with Crippen molar-refractivity contribution in [3.8, 4) is 33.6 Å². The quantitative estimate of drug-likeness (QED) is 0.101. The Kier molecular flexibility index (Phi) is 10.2. The van der Waals surface area contributed by atoms with Crippen molar-refractivity contribution in [3.05, 3.63) is 326 Å². The summed E-state index contributed by atoms with van der Waals surface area (Å²) in [5.41, 5.74) is 16.7. The summed E-state index contributed by atoms with van der Waals surface area (Å²) in [6, 6.07) is 113. The molecule has 1 aliphatic rings. The van der Waals surface area contributed by atoms with Crippen molar-refractivity contribution in [3.63, 3.8) is 0 Å². The zero-order valence-electron chi connectivity index (χ0n) is 41.8. The molecule has 0 spiro atoms. The molecule has 0 saturated heterocycles. The van der Waals surface area contributed by atoms with Gasteiger partial charge >= 0.3 is 0 Å². The molecule has 0 unspecified atom stereocenters. The fourth-order valence-corrected chi connectivity index (χ4v) is 18.2. The number of fused-ring (bicyclic) bond motifs is 9. The molecule has 0 radical (unpaired) electrons. The lowest BCUT2D eigenvalue weighted by Gasteiger charge is -2.34. The number of rotatable bonds is 9. The normalized spacial score (nSPS) is 12.8. The third kappa shape index (κ3) is 6.40. The second-order valence-corrected chi connectivity index (χ2v) is 24.1. The predicted octanol–water partition coefficient (Wildman–Crippen LogP) is 15.3. The first-order chi connectivity index (χ1) is 37.7. The van der Waals surface area contributed by atoms with Gasteiger partial charge in [0.1, 0.15) is 0 Å². The summed E-state index contributed by atoms with van der Waals surface area (Å²) in [4.78, 5) is 0. The van der Waals surface area contributed by atoms with Gasteiger partial charge in [0.15, 0.2) is 8.07 Å². The van der Waals surface area contributed by atoms with E-state index in [-0.39, 0.29) is 0 Å². The van der Waals surface area contributed by atoms with Crippen LogP contribution < -0.4 is 20.7 Å². The van der Waals surface area contributed by atoms with Crippen molar-refractivity contribution >= 4 is 72.4 Å². The summed E-state index contributed by atoms with van der Waals surface area (Å²) in [6.45, 7) is 0. The van der Waals surface area contributed by atoms with Gasteiger partial charge in [0, 0.05) is 32.9 Å². The molecular weight excluding hydrogens is 933 g/mol. The molecule has 3 heteroatoms. The van der Waals surface area contributed by atoms with Gasteiger partial charge in [-0.3, -0.25) is 0 Å². The summed E-state index contributed by atoms with van der Waals surface area (Å²) >= 11 is 0. The molecule has 0 saturated carbocycles. The van der Waals surface area contributed by atoms with E-state index in [0.717, 1.165) is 11.4 Å². The third-order valence-corrected chi connectivity index (χ3v) is 21.4. The standard InChI is InChI=1S/C73H50N2Si/c1-6-23-52(24-7-1)73(53-25-8-2-9-26-53)66-37-19-16-33-61(66)62-47-41-51(49-67(62)73)60-36-22-40-71-72(60)64-35-18-21-39-69(64)75(71)55-44-48-70-65(50-55)63-34-17-20-38-68(63)74(70)54-42-45-59(46-43-54)76(56-27-10-3-11-28-56,57-29-12-4-13-30-57)58-31-14-5-15-32-58/h1-50H. The van der Waals surface area contributed by atoms with Gasteiger partial charge in [-0.25, -0.2) is 0 Å². The molecule has 356 valence electrons. The Hall–Kier alpha value is -9.54. The van der Waals surface area contributed by atoms with Gasteiger partial charge in [0.25, 0.3) is 0 Å². The molecule has 12 aromatic carbocycles. The molecule has 76 heavy (non-hydrogen) atoms. The van der Waals surface area contributed by atoms with Gasteiger partial charge in [-0.15, -0.1) is 0 Å². The monoisotopic (exact) mass is 982 g/mol.